The summed E-state index contributed by atoms with van der Waals surface area (Å²) in [5, 5.41) is 14.1. The fraction of sp³-hybridized carbons (Fsp3) is 0.462. The van der Waals surface area contributed by atoms with Crippen LogP contribution in [0, 0.1) is 10.1 Å². The molecule has 1 aromatic carbocycles. The number of hydrogen-bond acceptors (Lipinski definition) is 5. The maximum absolute atomic E-state index is 11.8. The number of para-hydroxylation sites is 1. The first kappa shape index (κ1) is 15.7. The van der Waals surface area contributed by atoms with Crippen molar-refractivity contribution in [1.29, 1.82) is 0 Å². The normalized spacial score (nSPS) is 11.6. The van der Waals surface area contributed by atoms with Crippen molar-refractivity contribution in [2.24, 2.45) is 0 Å². The van der Waals surface area contributed by atoms with E-state index in [2.05, 4.69) is 5.32 Å². The highest BCUT2D eigenvalue weighted by molar-refractivity contribution is 5.85. The zero-order chi connectivity index (χ0) is 15.3. The van der Waals surface area contributed by atoms with Gasteiger partial charge in [0.05, 0.1) is 11.5 Å². The lowest BCUT2D eigenvalue weighted by atomic mass is 10.2. The number of nitro groups is 1. The van der Waals surface area contributed by atoms with E-state index in [4.69, 9.17) is 4.74 Å². The first-order chi connectivity index (χ1) is 9.38. The van der Waals surface area contributed by atoms with Gasteiger partial charge in [-0.25, -0.2) is 0 Å². The Kier molecular flexibility index (Phi) is 5.31. The fourth-order valence-electron chi connectivity index (χ4n) is 1.78. The Morgan fingerprint density at radius 2 is 2.15 bits per heavy atom. The minimum absolute atomic E-state index is 0.159. The van der Waals surface area contributed by atoms with Crippen LogP contribution in [0.15, 0.2) is 18.2 Å². The molecule has 7 heteroatoms. The molecular weight excluding hydrogens is 262 g/mol. The third-order valence-electron chi connectivity index (χ3n) is 2.66. The molecule has 0 heterocycles. The number of likely N-dealkylation sites (N-methyl/N-ethyl adjacent to an activating group) is 1. The Labute approximate surface area is 117 Å². The highest BCUT2D eigenvalue weighted by Crippen LogP contribution is 2.35. The summed E-state index contributed by atoms with van der Waals surface area (Å²) in [4.78, 5) is 23.9. The SMILES string of the molecule is CCOc1cccc(NC(C)C(=O)N(C)C)c1[N+](=O)[O-]. The number of nitrogens with one attached hydrogen (secondary N) is 1. The van der Waals surface area contributed by atoms with Crippen LogP contribution in [0.4, 0.5) is 11.4 Å². The van der Waals surface area contributed by atoms with Crippen LogP contribution in [-0.2, 0) is 4.79 Å². The molecule has 0 radical (unpaired) electrons. The maximum Gasteiger partial charge on any atom is 0.333 e. The Bertz CT molecular complexity index is 502. The molecule has 0 aromatic heterocycles. The first-order valence-electron chi connectivity index (χ1n) is 6.26. The van der Waals surface area contributed by atoms with Gasteiger partial charge in [0.1, 0.15) is 11.7 Å². The smallest absolute Gasteiger partial charge is 0.333 e. The van der Waals surface area contributed by atoms with Gasteiger partial charge in [-0.3, -0.25) is 14.9 Å². The molecular formula is C13H19N3O4. The molecule has 7 nitrogen and oxygen atoms in total. The monoisotopic (exact) mass is 281 g/mol. The Morgan fingerprint density at radius 1 is 1.50 bits per heavy atom. The third-order valence-corrected chi connectivity index (χ3v) is 2.66. The van der Waals surface area contributed by atoms with Crippen molar-refractivity contribution < 1.29 is 14.5 Å². The van der Waals surface area contributed by atoms with Gasteiger partial charge in [0, 0.05) is 14.1 Å². The first-order valence-corrected chi connectivity index (χ1v) is 6.26. The minimum Gasteiger partial charge on any atom is -0.487 e. The molecule has 110 valence electrons. The van der Waals surface area contributed by atoms with E-state index in [9.17, 15) is 14.9 Å². The van der Waals surface area contributed by atoms with E-state index in [0.717, 1.165) is 0 Å². The van der Waals surface area contributed by atoms with Gasteiger partial charge >= 0.3 is 5.69 Å². The average Bonchev–Trinajstić information content (AvgIpc) is 2.37. The largest absolute Gasteiger partial charge is 0.487 e. The molecule has 1 rings (SSSR count). The Balaban J connectivity index is 3.09. The second-order valence-corrected chi connectivity index (χ2v) is 4.44. The summed E-state index contributed by atoms with van der Waals surface area (Å²) in [6.07, 6.45) is 0. The summed E-state index contributed by atoms with van der Waals surface area (Å²) in [6.45, 7) is 3.73. The quantitative estimate of drug-likeness (QED) is 0.635. The number of nitro benzene ring substituents is 1. The zero-order valence-corrected chi connectivity index (χ0v) is 12.0. The summed E-state index contributed by atoms with van der Waals surface area (Å²) < 4.78 is 5.25. The van der Waals surface area contributed by atoms with E-state index >= 15 is 0 Å². The molecule has 1 aromatic rings. The molecule has 0 fully saturated rings. The summed E-state index contributed by atoms with van der Waals surface area (Å²) >= 11 is 0. The Hall–Kier alpha value is -2.31. The second-order valence-electron chi connectivity index (χ2n) is 4.44. The number of anilines is 1. The second kappa shape index (κ2) is 6.74. The van der Waals surface area contributed by atoms with Crippen LogP contribution in [0.2, 0.25) is 0 Å². The lowest BCUT2D eigenvalue weighted by Gasteiger charge is -2.19. The zero-order valence-electron chi connectivity index (χ0n) is 12.0. The standard InChI is InChI=1S/C13H19N3O4/c1-5-20-11-8-6-7-10(12(11)16(18)19)14-9(2)13(17)15(3)4/h6-9,14H,5H2,1-4H3. The fourth-order valence-corrected chi connectivity index (χ4v) is 1.78. The van der Waals surface area contributed by atoms with Gasteiger partial charge < -0.3 is 15.0 Å². The molecule has 1 amide bonds. The van der Waals surface area contributed by atoms with E-state index in [1.807, 2.05) is 0 Å². The minimum atomic E-state index is -0.569. The van der Waals surface area contributed by atoms with Gasteiger partial charge in [0.2, 0.25) is 5.91 Å². The topological polar surface area (TPSA) is 84.7 Å². The molecule has 0 bridgehead atoms. The van der Waals surface area contributed by atoms with E-state index < -0.39 is 11.0 Å². The third kappa shape index (κ3) is 3.59. The lowest BCUT2D eigenvalue weighted by Crippen LogP contribution is -2.36. The highest BCUT2D eigenvalue weighted by atomic mass is 16.6. The summed E-state index contributed by atoms with van der Waals surface area (Å²) in [6, 6.07) is 4.17. The number of carbonyl (C=O) groups excluding carboxylic acids is 1. The molecule has 1 atom stereocenters. The van der Waals surface area contributed by atoms with Gasteiger partial charge in [-0.15, -0.1) is 0 Å². The predicted octanol–water partition coefficient (Wildman–Crippen LogP) is 1.88. The average molecular weight is 281 g/mol. The Morgan fingerprint density at radius 3 is 2.65 bits per heavy atom. The van der Waals surface area contributed by atoms with Crippen LogP contribution in [0.3, 0.4) is 0 Å². The summed E-state index contributed by atoms with van der Waals surface area (Å²) in [5.74, 6) is 0.0214. The molecule has 0 spiro atoms. The van der Waals surface area contributed by atoms with Crippen molar-refractivity contribution in [2.75, 3.05) is 26.0 Å². The van der Waals surface area contributed by atoms with E-state index in [0.29, 0.717) is 6.61 Å². The van der Waals surface area contributed by atoms with Crippen LogP contribution in [0.1, 0.15) is 13.8 Å². The molecule has 0 saturated carbocycles. The molecule has 20 heavy (non-hydrogen) atoms. The highest BCUT2D eigenvalue weighted by Gasteiger charge is 2.24. The molecule has 0 saturated heterocycles. The number of nitrogens with zero attached hydrogens (tertiary/aromatic N) is 2. The summed E-state index contributed by atoms with van der Waals surface area (Å²) in [7, 11) is 3.26. The summed E-state index contributed by atoms with van der Waals surface area (Å²) in [5.41, 5.74) is 0.108. The van der Waals surface area contributed by atoms with Crippen molar-refractivity contribution in [2.45, 2.75) is 19.9 Å². The van der Waals surface area contributed by atoms with Crippen LogP contribution >= 0.6 is 0 Å². The van der Waals surface area contributed by atoms with Crippen molar-refractivity contribution in [3.05, 3.63) is 28.3 Å². The van der Waals surface area contributed by atoms with Crippen molar-refractivity contribution >= 4 is 17.3 Å². The van der Waals surface area contributed by atoms with Gasteiger partial charge in [0.15, 0.2) is 5.75 Å². The number of rotatable bonds is 6. The van der Waals surface area contributed by atoms with Gasteiger partial charge in [0.25, 0.3) is 0 Å². The molecule has 1 N–H and O–H groups in total. The van der Waals surface area contributed by atoms with Crippen molar-refractivity contribution in [3.8, 4) is 5.75 Å². The number of amides is 1. The van der Waals surface area contributed by atoms with Gasteiger partial charge in [-0.05, 0) is 26.0 Å². The number of hydrogen-bond donors (Lipinski definition) is 1. The van der Waals surface area contributed by atoms with E-state index in [1.54, 1.807) is 40.1 Å². The molecule has 0 aliphatic carbocycles. The van der Waals surface area contributed by atoms with Crippen LogP contribution in [-0.4, -0.2) is 42.5 Å². The number of ether oxygens (including phenoxy) is 1. The maximum atomic E-state index is 11.8. The number of benzene rings is 1. The van der Waals surface area contributed by atoms with Crippen LogP contribution < -0.4 is 10.1 Å². The van der Waals surface area contributed by atoms with Gasteiger partial charge in [-0.2, -0.15) is 0 Å². The molecule has 0 aliphatic rings. The van der Waals surface area contributed by atoms with Gasteiger partial charge in [-0.1, -0.05) is 6.07 Å². The molecule has 1 unspecified atom stereocenters. The number of carbonyl (C=O) groups is 1. The predicted molar refractivity (Wildman–Crippen MR) is 76.0 cm³/mol. The van der Waals surface area contributed by atoms with Crippen molar-refractivity contribution in [3.63, 3.8) is 0 Å². The van der Waals surface area contributed by atoms with E-state index in [1.165, 1.54) is 11.0 Å². The lowest BCUT2D eigenvalue weighted by molar-refractivity contribution is -0.384. The van der Waals surface area contributed by atoms with E-state index in [-0.39, 0.29) is 23.0 Å². The van der Waals surface area contributed by atoms with Crippen molar-refractivity contribution in [1.82, 2.24) is 4.90 Å². The van der Waals surface area contributed by atoms with Crippen LogP contribution in [0.25, 0.3) is 0 Å². The van der Waals surface area contributed by atoms with Crippen LogP contribution in [0.5, 0.6) is 5.75 Å². The molecule has 0 aliphatic heterocycles.